The number of carbonyl (C=O) groups is 2. The summed E-state index contributed by atoms with van der Waals surface area (Å²) < 4.78 is 10.6. The average molecular weight is 590 g/mol. The van der Waals surface area contributed by atoms with E-state index >= 15 is 0 Å². The SMILES string of the molecule is COC(=O)CC[C@H](C)[C@H]1CC[C@H]2[C@@H]3CC[C@H]4C[C@H](OC(C)=O)CC[C@]4(C)[C@H]3[C@@H](Br)[C@@H](Br)[C@]12C. The van der Waals surface area contributed by atoms with Gasteiger partial charge in [-0.25, -0.2) is 0 Å². The number of carbonyl (C=O) groups excluding carboxylic acids is 2. The van der Waals surface area contributed by atoms with Crippen molar-refractivity contribution in [1.82, 2.24) is 0 Å². The summed E-state index contributed by atoms with van der Waals surface area (Å²) in [5.41, 5.74) is 0.540. The van der Waals surface area contributed by atoms with Gasteiger partial charge in [-0.15, -0.1) is 0 Å². The van der Waals surface area contributed by atoms with Gasteiger partial charge in [0.15, 0.2) is 0 Å². The first-order chi connectivity index (χ1) is 15.5. The minimum Gasteiger partial charge on any atom is -0.469 e. The maximum absolute atomic E-state index is 11.8. The monoisotopic (exact) mass is 588 g/mol. The Labute approximate surface area is 216 Å². The van der Waals surface area contributed by atoms with Crippen molar-refractivity contribution in [3.05, 3.63) is 0 Å². The van der Waals surface area contributed by atoms with Gasteiger partial charge in [0, 0.05) is 23.0 Å². The number of fused-ring (bicyclic) bond motifs is 5. The molecule has 0 aromatic heterocycles. The number of esters is 2. The number of ether oxygens (including phenoxy) is 2. The highest BCUT2D eigenvalue weighted by Crippen LogP contribution is 2.70. The molecule has 0 radical (unpaired) electrons. The van der Waals surface area contributed by atoms with Gasteiger partial charge in [-0.1, -0.05) is 52.6 Å². The van der Waals surface area contributed by atoms with E-state index in [9.17, 15) is 9.59 Å². The van der Waals surface area contributed by atoms with Crippen LogP contribution in [0.3, 0.4) is 0 Å². The van der Waals surface area contributed by atoms with E-state index in [1.165, 1.54) is 32.8 Å². The Bertz CT molecular complexity index is 758. The van der Waals surface area contributed by atoms with Crippen LogP contribution in [0.2, 0.25) is 0 Å². The van der Waals surface area contributed by atoms with Gasteiger partial charge in [0.1, 0.15) is 6.10 Å². The topological polar surface area (TPSA) is 52.6 Å². The lowest BCUT2D eigenvalue weighted by Crippen LogP contribution is -2.62. The number of methoxy groups -OCH3 is 1. The van der Waals surface area contributed by atoms with Crippen molar-refractivity contribution in [3.8, 4) is 0 Å². The Hall–Kier alpha value is -0.100. The smallest absolute Gasteiger partial charge is 0.305 e. The molecule has 0 spiro atoms. The minimum absolute atomic E-state index is 0.0883. The van der Waals surface area contributed by atoms with Crippen LogP contribution in [0.15, 0.2) is 0 Å². The largest absolute Gasteiger partial charge is 0.469 e. The summed E-state index contributed by atoms with van der Waals surface area (Å²) in [4.78, 5) is 24.2. The first-order valence-electron chi connectivity index (χ1n) is 13.1. The Morgan fingerprint density at radius 2 is 1.82 bits per heavy atom. The van der Waals surface area contributed by atoms with Crippen LogP contribution in [0.5, 0.6) is 0 Å². The number of rotatable bonds is 5. The predicted molar refractivity (Wildman–Crippen MR) is 137 cm³/mol. The summed E-state index contributed by atoms with van der Waals surface area (Å²) in [6, 6.07) is 0. The van der Waals surface area contributed by atoms with Crippen molar-refractivity contribution in [2.75, 3.05) is 7.11 Å². The van der Waals surface area contributed by atoms with Crippen LogP contribution in [0, 0.1) is 46.3 Å². The Morgan fingerprint density at radius 1 is 1.09 bits per heavy atom. The molecular formula is C27H42Br2O4. The Morgan fingerprint density at radius 3 is 2.48 bits per heavy atom. The van der Waals surface area contributed by atoms with Crippen LogP contribution in [0.4, 0.5) is 0 Å². The van der Waals surface area contributed by atoms with Gasteiger partial charge in [0.25, 0.3) is 0 Å². The first kappa shape index (κ1) is 26.0. The van der Waals surface area contributed by atoms with Gasteiger partial charge < -0.3 is 9.47 Å². The Balaban J connectivity index is 1.55. The van der Waals surface area contributed by atoms with Gasteiger partial charge in [-0.3, -0.25) is 9.59 Å². The van der Waals surface area contributed by atoms with Crippen molar-refractivity contribution >= 4 is 43.8 Å². The van der Waals surface area contributed by atoms with E-state index in [1.54, 1.807) is 6.92 Å². The van der Waals surface area contributed by atoms with Crippen LogP contribution >= 0.6 is 31.9 Å². The summed E-state index contributed by atoms with van der Waals surface area (Å²) >= 11 is 8.52. The molecule has 0 heterocycles. The lowest BCUT2D eigenvalue weighted by molar-refractivity contribution is -0.158. The highest BCUT2D eigenvalue weighted by Gasteiger charge is 2.66. The molecule has 4 rings (SSSR count). The van der Waals surface area contributed by atoms with Crippen LogP contribution in [0.1, 0.15) is 85.5 Å². The first-order valence-corrected chi connectivity index (χ1v) is 14.9. The molecule has 0 aliphatic heterocycles. The van der Waals surface area contributed by atoms with E-state index in [2.05, 4.69) is 52.6 Å². The maximum atomic E-state index is 11.8. The zero-order valence-corrected chi connectivity index (χ0v) is 24.1. The molecule has 0 aromatic carbocycles. The summed E-state index contributed by atoms with van der Waals surface area (Å²) in [5.74, 6) is 3.69. The van der Waals surface area contributed by atoms with Crippen LogP contribution < -0.4 is 0 Å². The van der Waals surface area contributed by atoms with E-state index in [4.69, 9.17) is 9.47 Å². The second kappa shape index (κ2) is 9.75. The van der Waals surface area contributed by atoms with E-state index in [-0.39, 0.29) is 23.5 Å². The summed E-state index contributed by atoms with van der Waals surface area (Å²) in [6.45, 7) is 8.98. The molecule has 0 N–H and O–H groups in total. The standard InChI is InChI=1S/C27H42Br2O4/c1-15(6-11-22(31)32-5)20-9-10-21-19-8-7-17-14-18(33-16(2)30)12-13-26(17,3)23(19)24(28)25(29)27(20,21)4/h15,17-21,23-25H,6-14H2,1-5H3/t15-,17-,18+,19-,20+,21-,23+,24+,25+,26-,27+/m0/s1. The Kier molecular flexibility index (Phi) is 7.67. The summed E-state index contributed by atoms with van der Waals surface area (Å²) in [6.07, 6.45) is 9.85. The quantitative estimate of drug-likeness (QED) is 0.258. The molecule has 0 bridgehead atoms. The van der Waals surface area contributed by atoms with Crippen molar-refractivity contribution in [2.24, 2.45) is 46.3 Å². The fraction of sp³-hybridized carbons (Fsp3) is 0.926. The second-order valence-corrected chi connectivity index (χ2v) is 14.1. The molecule has 4 saturated carbocycles. The normalized spacial score (nSPS) is 47.6. The predicted octanol–water partition coefficient (Wildman–Crippen LogP) is 6.91. The molecule has 11 atom stereocenters. The third kappa shape index (κ3) is 4.36. The second-order valence-electron chi connectivity index (χ2n) is 12.1. The van der Waals surface area contributed by atoms with Crippen molar-refractivity contribution in [2.45, 2.75) is 101 Å². The van der Waals surface area contributed by atoms with Gasteiger partial charge >= 0.3 is 11.9 Å². The molecule has 0 unspecified atom stereocenters. The van der Waals surface area contributed by atoms with Crippen LogP contribution in [-0.2, 0) is 19.1 Å². The molecule has 4 nitrogen and oxygen atoms in total. The molecule has 4 aliphatic rings. The fourth-order valence-electron chi connectivity index (χ4n) is 9.13. The number of halogens is 2. The van der Waals surface area contributed by atoms with Gasteiger partial charge in [0.05, 0.1) is 7.11 Å². The number of alkyl halides is 2. The van der Waals surface area contributed by atoms with E-state index in [0.717, 1.165) is 37.5 Å². The molecule has 188 valence electrons. The minimum atomic E-state index is -0.136. The third-order valence-corrected chi connectivity index (χ3v) is 14.1. The maximum Gasteiger partial charge on any atom is 0.305 e. The van der Waals surface area contributed by atoms with Gasteiger partial charge in [-0.2, -0.15) is 0 Å². The van der Waals surface area contributed by atoms with Crippen LogP contribution in [0.25, 0.3) is 0 Å². The summed E-state index contributed by atoms with van der Waals surface area (Å²) in [5, 5.41) is 0. The molecule has 0 aromatic rings. The summed E-state index contributed by atoms with van der Waals surface area (Å²) in [7, 11) is 1.49. The van der Waals surface area contributed by atoms with Gasteiger partial charge in [-0.05, 0) is 97.7 Å². The zero-order chi connectivity index (χ0) is 24.1. The molecule has 4 aliphatic carbocycles. The molecule has 6 heteroatoms. The molecule has 0 saturated heterocycles. The highest BCUT2D eigenvalue weighted by molar-refractivity contribution is 9.12. The number of hydrogen-bond acceptors (Lipinski definition) is 4. The highest BCUT2D eigenvalue weighted by atomic mass is 79.9. The van der Waals surface area contributed by atoms with Crippen molar-refractivity contribution in [1.29, 1.82) is 0 Å². The molecule has 33 heavy (non-hydrogen) atoms. The van der Waals surface area contributed by atoms with Crippen molar-refractivity contribution in [3.63, 3.8) is 0 Å². The average Bonchev–Trinajstić information content (AvgIpc) is 3.13. The lowest BCUT2D eigenvalue weighted by Gasteiger charge is -2.64. The third-order valence-electron chi connectivity index (χ3n) is 10.7. The van der Waals surface area contributed by atoms with E-state index < -0.39 is 0 Å². The molecular weight excluding hydrogens is 548 g/mol. The van der Waals surface area contributed by atoms with Gasteiger partial charge in [0.2, 0.25) is 0 Å². The van der Waals surface area contributed by atoms with Crippen molar-refractivity contribution < 1.29 is 19.1 Å². The number of hydrogen-bond donors (Lipinski definition) is 0. The lowest BCUT2D eigenvalue weighted by atomic mass is 9.44. The fourth-order valence-corrected chi connectivity index (χ4v) is 11.7. The molecule has 4 fully saturated rings. The molecule has 0 amide bonds. The van der Waals surface area contributed by atoms with E-state index in [0.29, 0.717) is 45.2 Å². The van der Waals surface area contributed by atoms with E-state index in [1.807, 2.05) is 0 Å². The van der Waals surface area contributed by atoms with Crippen LogP contribution in [-0.4, -0.2) is 34.8 Å². The zero-order valence-electron chi connectivity index (χ0n) is 20.9.